The highest BCUT2D eigenvalue weighted by Gasteiger charge is 2.49. The molecule has 146 valence electrons. The normalized spacial score (nSPS) is 23.4. The largest absolute Gasteiger partial charge is 0.385 e. The highest BCUT2D eigenvalue weighted by molar-refractivity contribution is 6.04. The van der Waals surface area contributed by atoms with Crippen molar-refractivity contribution in [2.75, 3.05) is 33.9 Å². The molecule has 2 unspecified atom stereocenters. The number of ether oxygens (including phenoxy) is 1. The Morgan fingerprint density at radius 3 is 2.70 bits per heavy atom. The number of rotatable bonds is 8. The second-order valence-corrected chi connectivity index (χ2v) is 6.77. The van der Waals surface area contributed by atoms with Crippen LogP contribution in [0.5, 0.6) is 0 Å². The molecule has 0 aromatic heterocycles. The van der Waals surface area contributed by atoms with Crippen LogP contribution in [0, 0.1) is 0 Å². The van der Waals surface area contributed by atoms with Crippen LogP contribution in [0.15, 0.2) is 35.3 Å². The van der Waals surface area contributed by atoms with E-state index in [0.717, 1.165) is 19.3 Å². The number of hydrogen-bond acceptors (Lipinski definition) is 4. The Morgan fingerprint density at radius 2 is 1.96 bits per heavy atom. The van der Waals surface area contributed by atoms with Crippen LogP contribution < -0.4 is 10.6 Å². The molecule has 1 aromatic rings. The molecule has 8 heteroatoms. The van der Waals surface area contributed by atoms with Gasteiger partial charge in [0.15, 0.2) is 12.0 Å². The van der Waals surface area contributed by atoms with Gasteiger partial charge in [-0.15, -0.1) is 0 Å². The van der Waals surface area contributed by atoms with Gasteiger partial charge in [0, 0.05) is 33.9 Å². The number of nitrogens with one attached hydrogen (secondary N) is 2. The zero-order valence-electron chi connectivity index (χ0n) is 15.9. The van der Waals surface area contributed by atoms with Crippen LogP contribution in [0.3, 0.4) is 0 Å². The molecule has 2 heterocycles. The van der Waals surface area contributed by atoms with Crippen LogP contribution in [0.4, 0.5) is 4.79 Å². The molecular formula is C19H27N5O3. The maximum atomic E-state index is 12.5. The summed E-state index contributed by atoms with van der Waals surface area (Å²) in [5.74, 6) is 0.392. The quantitative estimate of drug-likeness (QED) is 0.658. The Labute approximate surface area is 159 Å². The lowest BCUT2D eigenvalue weighted by molar-refractivity contribution is -0.127. The first-order valence-electron chi connectivity index (χ1n) is 9.30. The van der Waals surface area contributed by atoms with Crippen molar-refractivity contribution in [3.05, 3.63) is 35.9 Å². The van der Waals surface area contributed by atoms with Crippen molar-refractivity contribution in [1.29, 1.82) is 0 Å². The first kappa shape index (κ1) is 19.2. The number of aryl methyl sites for hydroxylation is 1. The fraction of sp³-hybridized carbons (Fsp3) is 0.526. The molecule has 2 fully saturated rings. The molecular weight excluding hydrogens is 346 g/mol. The minimum Gasteiger partial charge on any atom is -0.385 e. The van der Waals surface area contributed by atoms with Gasteiger partial charge in [-0.2, -0.15) is 0 Å². The van der Waals surface area contributed by atoms with E-state index in [4.69, 9.17) is 4.74 Å². The number of carbonyl (C=O) groups excluding carboxylic acids is 2. The average Bonchev–Trinajstić information content (AvgIpc) is 3.03. The Balaban J connectivity index is 1.70. The number of urea groups is 1. The number of benzene rings is 1. The first-order valence-corrected chi connectivity index (χ1v) is 9.30. The number of guanidine groups is 1. The minimum atomic E-state index is -0.468. The van der Waals surface area contributed by atoms with Crippen LogP contribution in [-0.2, 0) is 16.0 Å². The van der Waals surface area contributed by atoms with Crippen molar-refractivity contribution in [2.45, 2.75) is 31.5 Å². The van der Waals surface area contributed by atoms with Gasteiger partial charge in [-0.05, 0) is 24.8 Å². The number of hydrogen-bond donors (Lipinski definition) is 2. The molecule has 27 heavy (non-hydrogen) atoms. The van der Waals surface area contributed by atoms with E-state index in [1.54, 1.807) is 14.2 Å². The van der Waals surface area contributed by atoms with Crippen molar-refractivity contribution >= 4 is 17.9 Å². The highest BCUT2D eigenvalue weighted by Crippen LogP contribution is 2.21. The van der Waals surface area contributed by atoms with Crippen LogP contribution >= 0.6 is 0 Å². The lowest BCUT2D eigenvalue weighted by Gasteiger charge is -2.35. The molecule has 1 aromatic carbocycles. The summed E-state index contributed by atoms with van der Waals surface area (Å²) in [4.78, 5) is 32.5. The smallest absolute Gasteiger partial charge is 0.325 e. The van der Waals surface area contributed by atoms with E-state index < -0.39 is 18.2 Å². The Morgan fingerprint density at radius 1 is 1.19 bits per heavy atom. The van der Waals surface area contributed by atoms with Crippen molar-refractivity contribution in [2.24, 2.45) is 4.99 Å². The number of amides is 3. The van der Waals surface area contributed by atoms with Gasteiger partial charge in [-0.1, -0.05) is 30.3 Å². The summed E-state index contributed by atoms with van der Waals surface area (Å²) < 4.78 is 5.07. The first-order chi connectivity index (χ1) is 13.1. The Kier molecular flexibility index (Phi) is 6.28. The van der Waals surface area contributed by atoms with Crippen molar-refractivity contribution in [3.63, 3.8) is 0 Å². The van der Waals surface area contributed by atoms with Gasteiger partial charge >= 0.3 is 6.03 Å². The maximum Gasteiger partial charge on any atom is 0.325 e. The van der Waals surface area contributed by atoms with Crippen LogP contribution in [0.25, 0.3) is 0 Å². The van der Waals surface area contributed by atoms with Gasteiger partial charge in [0.05, 0.1) is 0 Å². The minimum absolute atomic E-state index is 0.280. The number of nitrogens with zero attached hydrogens (tertiary/aromatic N) is 3. The summed E-state index contributed by atoms with van der Waals surface area (Å²) in [5, 5.41) is 5.69. The summed E-state index contributed by atoms with van der Waals surface area (Å²) in [7, 11) is 3.35. The van der Waals surface area contributed by atoms with E-state index in [2.05, 4.69) is 27.8 Å². The molecule has 0 bridgehead atoms. The van der Waals surface area contributed by atoms with Crippen LogP contribution in [-0.4, -0.2) is 73.8 Å². The maximum absolute atomic E-state index is 12.5. The molecule has 0 saturated carbocycles. The number of carbonyl (C=O) groups is 2. The summed E-state index contributed by atoms with van der Waals surface area (Å²) >= 11 is 0. The predicted octanol–water partition coefficient (Wildman–Crippen LogP) is 0.793. The SMILES string of the molecule is COCCCN=C1NC2C(C(=O)NC(=O)N2C)N1CCCc1ccccc1. The molecule has 8 nitrogen and oxygen atoms in total. The molecule has 3 rings (SSSR count). The standard InChI is InChI=1S/C19H27N5O3/c1-23-16-15(17(25)22-19(23)26)24(18(21-16)20-11-7-13-27-2)12-6-10-14-8-4-3-5-9-14/h3-5,8-9,15-16H,6-7,10-13H2,1-2H3,(H,20,21)(H,22,25,26). The second kappa shape index (κ2) is 8.85. The van der Waals surface area contributed by atoms with E-state index in [9.17, 15) is 9.59 Å². The van der Waals surface area contributed by atoms with Crippen LogP contribution in [0.1, 0.15) is 18.4 Å². The van der Waals surface area contributed by atoms with Crippen molar-refractivity contribution < 1.29 is 14.3 Å². The monoisotopic (exact) mass is 373 g/mol. The van der Waals surface area contributed by atoms with Gasteiger partial charge in [0.2, 0.25) is 0 Å². The van der Waals surface area contributed by atoms with Crippen molar-refractivity contribution in [3.8, 4) is 0 Å². The lowest BCUT2D eigenvalue weighted by atomic mass is 10.1. The lowest BCUT2D eigenvalue weighted by Crippen LogP contribution is -2.64. The summed E-state index contributed by atoms with van der Waals surface area (Å²) in [6, 6.07) is 9.40. The molecule has 2 atom stereocenters. The topological polar surface area (TPSA) is 86.3 Å². The highest BCUT2D eigenvalue weighted by atomic mass is 16.5. The van der Waals surface area contributed by atoms with Gasteiger partial charge in [0.25, 0.3) is 5.91 Å². The molecule has 0 spiro atoms. The average molecular weight is 373 g/mol. The molecule has 0 aliphatic carbocycles. The molecule has 2 aliphatic rings. The Hall–Kier alpha value is -2.61. The number of methoxy groups -OCH3 is 1. The third kappa shape index (κ3) is 4.39. The second-order valence-electron chi connectivity index (χ2n) is 6.77. The third-order valence-corrected chi connectivity index (χ3v) is 4.90. The third-order valence-electron chi connectivity index (χ3n) is 4.90. The van der Waals surface area contributed by atoms with Gasteiger partial charge in [-0.3, -0.25) is 15.1 Å². The van der Waals surface area contributed by atoms with Gasteiger partial charge in [-0.25, -0.2) is 4.79 Å². The summed E-state index contributed by atoms with van der Waals surface area (Å²) in [5.41, 5.74) is 1.26. The molecule has 3 amide bonds. The zero-order chi connectivity index (χ0) is 19.2. The fourth-order valence-electron chi connectivity index (χ4n) is 3.46. The number of imide groups is 1. The van der Waals surface area contributed by atoms with Gasteiger partial charge in [0.1, 0.15) is 6.17 Å². The zero-order valence-corrected chi connectivity index (χ0v) is 15.9. The van der Waals surface area contributed by atoms with E-state index in [-0.39, 0.29) is 5.91 Å². The summed E-state index contributed by atoms with van der Waals surface area (Å²) in [6.07, 6.45) is 2.21. The predicted molar refractivity (Wildman–Crippen MR) is 102 cm³/mol. The summed E-state index contributed by atoms with van der Waals surface area (Å²) in [6.45, 7) is 1.92. The molecule has 2 N–H and O–H groups in total. The molecule has 0 radical (unpaired) electrons. The Bertz CT molecular complexity index is 694. The van der Waals surface area contributed by atoms with Gasteiger partial charge < -0.3 is 19.9 Å². The van der Waals surface area contributed by atoms with E-state index >= 15 is 0 Å². The van der Waals surface area contributed by atoms with E-state index in [0.29, 0.717) is 25.7 Å². The van der Waals surface area contributed by atoms with E-state index in [1.807, 2.05) is 23.1 Å². The number of aliphatic imine (C=N–C) groups is 1. The fourth-order valence-corrected chi connectivity index (χ4v) is 3.46. The van der Waals surface area contributed by atoms with E-state index in [1.165, 1.54) is 10.5 Å². The van der Waals surface area contributed by atoms with Crippen molar-refractivity contribution in [1.82, 2.24) is 20.4 Å². The molecule has 2 aliphatic heterocycles. The molecule has 2 saturated heterocycles. The number of likely N-dealkylation sites (N-methyl/N-ethyl adjacent to an activating group) is 1. The van der Waals surface area contributed by atoms with Crippen LogP contribution in [0.2, 0.25) is 0 Å². The number of fused-ring (bicyclic) bond motifs is 1.